The Labute approximate surface area is 202 Å². The molecular formula is C28H26F3N3O. The Morgan fingerprint density at radius 2 is 1.34 bits per heavy atom. The largest absolute Gasteiger partial charge is 0.435 e. The summed E-state index contributed by atoms with van der Waals surface area (Å²) in [5.74, 6) is -0.481. The standard InChI is InChI=1S/C28H26F3N3O/c1-27(2,3)22-12-10-20(11-13-22)19-6-8-21(9-7-19)24-17-25(28(29,30)31)33-34(24)23-14-4-18(5-15-23)16-26(32)35/h4-15,17H,16H2,1-3H3,(H2,32,35). The van der Waals surface area contributed by atoms with Gasteiger partial charge in [0.05, 0.1) is 17.8 Å². The first kappa shape index (κ1) is 24.3. The van der Waals surface area contributed by atoms with Crippen molar-refractivity contribution < 1.29 is 18.0 Å². The summed E-state index contributed by atoms with van der Waals surface area (Å²) in [4.78, 5) is 11.1. The maximum Gasteiger partial charge on any atom is 0.435 e. The third kappa shape index (κ3) is 5.45. The van der Waals surface area contributed by atoms with Crippen LogP contribution in [0.15, 0.2) is 78.9 Å². The highest BCUT2D eigenvalue weighted by molar-refractivity contribution is 5.76. The van der Waals surface area contributed by atoms with E-state index in [9.17, 15) is 18.0 Å². The van der Waals surface area contributed by atoms with E-state index in [1.54, 1.807) is 36.4 Å². The van der Waals surface area contributed by atoms with Gasteiger partial charge in [-0.25, -0.2) is 4.68 Å². The van der Waals surface area contributed by atoms with Crippen molar-refractivity contribution in [3.05, 3.63) is 95.7 Å². The van der Waals surface area contributed by atoms with E-state index in [2.05, 4.69) is 50.1 Å². The van der Waals surface area contributed by atoms with Crippen LogP contribution in [0.1, 0.15) is 37.6 Å². The van der Waals surface area contributed by atoms with Gasteiger partial charge in [-0.05, 0) is 45.9 Å². The number of amides is 1. The van der Waals surface area contributed by atoms with Gasteiger partial charge in [-0.2, -0.15) is 18.3 Å². The molecule has 3 aromatic carbocycles. The van der Waals surface area contributed by atoms with E-state index in [4.69, 9.17) is 5.73 Å². The van der Waals surface area contributed by atoms with Gasteiger partial charge in [0.15, 0.2) is 5.69 Å². The van der Waals surface area contributed by atoms with Gasteiger partial charge in [-0.1, -0.05) is 81.4 Å². The molecule has 0 saturated heterocycles. The summed E-state index contributed by atoms with van der Waals surface area (Å²) in [6, 6.07) is 23.3. The van der Waals surface area contributed by atoms with Crippen molar-refractivity contribution >= 4 is 5.91 Å². The lowest BCUT2D eigenvalue weighted by Gasteiger charge is -2.19. The van der Waals surface area contributed by atoms with Crippen molar-refractivity contribution in [3.63, 3.8) is 0 Å². The number of primary amides is 1. The maximum absolute atomic E-state index is 13.5. The summed E-state index contributed by atoms with van der Waals surface area (Å²) >= 11 is 0. The normalized spacial score (nSPS) is 12.1. The van der Waals surface area contributed by atoms with Gasteiger partial charge in [-0.15, -0.1) is 0 Å². The van der Waals surface area contributed by atoms with Crippen LogP contribution in [0.2, 0.25) is 0 Å². The topological polar surface area (TPSA) is 60.9 Å². The van der Waals surface area contributed by atoms with Crippen LogP contribution in [-0.2, 0) is 22.8 Å². The zero-order valence-electron chi connectivity index (χ0n) is 19.7. The Morgan fingerprint density at radius 1 is 0.829 bits per heavy atom. The van der Waals surface area contributed by atoms with Gasteiger partial charge < -0.3 is 5.73 Å². The fraction of sp³-hybridized carbons (Fsp3) is 0.214. The number of nitrogens with zero attached hydrogens (tertiary/aromatic N) is 2. The molecule has 0 spiro atoms. The summed E-state index contributed by atoms with van der Waals surface area (Å²) in [5.41, 5.74) is 9.55. The molecule has 35 heavy (non-hydrogen) atoms. The summed E-state index contributed by atoms with van der Waals surface area (Å²) < 4.78 is 41.8. The highest BCUT2D eigenvalue weighted by Gasteiger charge is 2.35. The Kier molecular flexibility index (Phi) is 6.28. The lowest BCUT2D eigenvalue weighted by molar-refractivity contribution is -0.141. The number of aromatic nitrogens is 2. The number of nitrogens with two attached hydrogens (primary N) is 1. The molecule has 0 radical (unpaired) electrons. The van der Waals surface area contributed by atoms with Crippen LogP contribution in [0.25, 0.3) is 28.1 Å². The summed E-state index contributed by atoms with van der Waals surface area (Å²) in [7, 11) is 0. The number of alkyl halides is 3. The van der Waals surface area contributed by atoms with Gasteiger partial charge in [0.1, 0.15) is 0 Å². The number of halogens is 3. The average molecular weight is 478 g/mol. The molecule has 0 fully saturated rings. The van der Waals surface area contributed by atoms with Gasteiger partial charge in [0.25, 0.3) is 0 Å². The highest BCUT2D eigenvalue weighted by atomic mass is 19.4. The first-order valence-corrected chi connectivity index (χ1v) is 11.2. The van der Waals surface area contributed by atoms with E-state index < -0.39 is 17.8 Å². The Balaban J connectivity index is 1.70. The van der Waals surface area contributed by atoms with Gasteiger partial charge in [-0.3, -0.25) is 4.79 Å². The van der Waals surface area contributed by atoms with Crippen LogP contribution < -0.4 is 5.73 Å². The molecule has 180 valence electrons. The molecule has 1 amide bonds. The van der Waals surface area contributed by atoms with Crippen LogP contribution in [-0.4, -0.2) is 15.7 Å². The number of hydrogen-bond acceptors (Lipinski definition) is 2. The van der Waals surface area contributed by atoms with Crippen molar-refractivity contribution in [2.24, 2.45) is 5.73 Å². The second-order valence-corrected chi connectivity index (χ2v) is 9.54. The van der Waals surface area contributed by atoms with E-state index in [0.29, 0.717) is 22.5 Å². The molecule has 1 heterocycles. The molecule has 4 aromatic rings. The van der Waals surface area contributed by atoms with Crippen molar-refractivity contribution in [2.75, 3.05) is 0 Å². The summed E-state index contributed by atoms with van der Waals surface area (Å²) in [6.45, 7) is 6.46. The second kappa shape index (κ2) is 9.06. The van der Waals surface area contributed by atoms with Crippen LogP contribution in [0.3, 0.4) is 0 Å². The second-order valence-electron chi connectivity index (χ2n) is 9.54. The van der Waals surface area contributed by atoms with Crippen molar-refractivity contribution in [2.45, 2.75) is 38.8 Å². The minimum absolute atomic E-state index is 0.0506. The predicted molar refractivity (Wildman–Crippen MR) is 131 cm³/mol. The van der Waals surface area contributed by atoms with Crippen molar-refractivity contribution in [1.29, 1.82) is 0 Å². The number of hydrogen-bond donors (Lipinski definition) is 1. The molecule has 0 unspecified atom stereocenters. The van der Waals surface area contributed by atoms with Crippen LogP contribution >= 0.6 is 0 Å². The number of benzene rings is 3. The lowest BCUT2D eigenvalue weighted by atomic mass is 9.86. The molecule has 7 heteroatoms. The van der Waals surface area contributed by atoms with E-state index in [1.165, 1.54) is 10.2 Å². The van der Waals surface area contributed by atoms with E-state index in [1.807, 2.05) is 12.1 Å². The van der Waals surface area contributed by atoms with Crippen LogP contribution in [0.4, 0.5) is 13.2 Å². The van der Waals surface area contributed by atoms with Gasteiger partial charge >= 0.3 is 6.18 Å². The third-order valence-electron chi connectivity index (χ3n) is 5.82. The van der Waals surface area contributed by atoms with Gasteiger partial charge in [0.2, 0.25) is 5.91 Å². The molecule has 2 N–H and O–H groups in total. The Hall–Kier alpha value is -3.87. The molecule has 0 aliphatic carbocycles. The quantitative estimate of drug-likeness (QED) is 0.354. The molecule has 0 saturated carbocycles. The smallest absolute Gasteiger partial charge is 0.369 e. The fourth-order valence-electron chi connectivity index (χ4n) is 3.87. The zero-order chi connectivity index (χ0) is 25.4. The molecule has 1 aromatic heterocycles. The zero-order valence-corrected chi connectivity index (χ0v) is 19.7. The Bertz CT molecular complexity index is 1330. The minimum Gasteiger partial charge on any atom is -0.369 e. The molecule has 4 nitrogen and oxygen atoms in total. The molecular weight excluding hydrogens is 451 g/mol. The SMILES string of the molecule is CC(C)(C)c1ccc(-c2ccc(-c3cc(C(F)(F)F)nn3-c3ccc(CC(N)=O)cc3)cc2)cc1. The number of carbonyl (C=O) groups excluding carboxylic acids is 1. The summed E-state index contributed by atoms with van der Waals surface area (Å²) in [5, 5.41) is 3.83. The van der Waals surface area contributed by atoms with Gasteiger partial charge in [0, 0.05) is 5.56 Å². The van der Waals surface area contributed by atoms with E-state index in [0.717, 1.165) is 17.2 Å². The van der Waals surface area contributed by atoms with E-state index >= 15 is 0 Å². The third-order valence-corrected chi connectivity index (χ3v) is 5.82. The first-order chi connectivity index (χ1) is 16.4. The maximum atomic E-state index is 13.5. The minimum atomic E-state index is -4.58. The Morgan fingerprint density at radius 3 is 1.83 bits per heavy atom. The van der Waals surface area contributed by atoms with Crippen molar-refractivity contribution in [1.82, 2.24) is 9.78 Å². The number of rotatable bonds is 5. The van der Waals surface area contributed by atoms with Crippen LogP contribution in [0, 0.1) is 0 Å². The van der Waals surface area contributed by atoms with E-state index in [-0.39, 0.29) is 11.8 Å². The summed E-state index contributed by atoms with van der Waals surface area (Å²) in [6.07, 6.45) is -4.53. The lowest BCUT2D eigenvalue weighted by Crippen LogP contribution is -2.13. The van der Waals surface area contributed by atoms with Crippen LogP contribution in [0.5, 0.6) is 0 Å². The predicted octanol–water partition coefficient (Wildman–Crippen LogP) is 6.55. The highest BCUT2D eigenvalue weighted by Crippen LogP contribution is 2.34. The molecule has 0 aliphatic heterocycles. The fourth-order valence-corrected chi connectivity index (χ4v) is 3.87. The first-order valence-electron chi connectivity index (χ1n) is 11.2. The molecule has 0 bridgehead atoms. The number of carbonyl (C=O) groups is 1. The van der Waals surface area contributed by atoms with Crippen molar-refractivity contribution in [3.8, 4) is 28.1 Å². The molecule has 0 atom stereocenters. The monoisotopic (exact) mass is 477 g/mol. The average Bonchev–Trinajstić information content (AvgIpc) is 3.25. The molecule has 0 aliphatic rings. The molecule has 4 rings (SSSR count).